The normalized spacial score (nSPS) is 11.2. The van der Waals surface area contributed by atoms with Crippen LogP contribution in [0.4, 0.5) is 11.4 Å². The second-order valence-electron chi connectivity index (χ2n) is 8.80. The molecular formula is C32H32Cl2IN3O. The van der Waals surface area contributed by atoms with Crippen molar-refractivity contribution in [3.8, 4) is 0 Å². The SMILES string of the molecule is CC[n+]1c(/C=C/c2ccc(N(CCCl)CCCl)cc2)ccc2cc(NC(=O)/C=C/c3ccccc3)ccc21.[I-]. The molecule has 3 aromatic carbocycles. The van der Waals surface area contributed by atoms with E-state index >= 15 is 0 Å². The van der Waals surface area contributed by atoms with E-state index in [-0.39, 0.29) is 29.9 Å². The van der Waals surface area contributed by atoms with E-state index in [1.165, 1.54) is 0 Å². The maximum absolute atomic E-state index is 12.4. The van der Waals surface area contributed by atoms with Crippen LogP contribution in [0.1, 0.15) is 23.7 Å². The molecule has 1 amide bonds. The molecule has 0 aliphatic heterocycles. The number of fused-ring (bicyclic) bond motifs is 1. The first kappa shape index (κ1) is 30.7. The van der Waals surface area contributed by atoms with Gasteiger partial charge in [-0.05, 0) is 60.5 Å². The van der Waals surface area contributed by atoms with E-state index in [4.69, 9.17) is 23.2 Å². The fourth-order valence-corrected chi connectivity index (χ4v) is 4.79. The van der Waals surface area contributed by atoms with Crippen LogP contribution in [0.5, 0.6) is 0 Å². The van der Waals surface area contributed by atoms with Crippen LogP contribution < -0.4 is 38.8 Å². The maximum atomic E-state index is 12.4. The van der Waals surface area contributed by atoms with Crippen LogP contribution in [0.25, 0.3) is 29.1 Å². The molecule has 0 radical (unpaired) electrons. The summed E-state index contributed by atoms with van der Waals surface area (Å²) in [6.07, 6.45) is 7.62. The van der Waals surface area contributed by atoms with E-state index in [0.29, 0.717) is 11.8 Å². The fourth-order valence-electron chi connectivity index (χ4n) is 4.39. The average Bonchev–Trinajstić information content (AvgIpc) is 2.95. The van der Waals surface area contributed by atoms with Crippen molar-refractivity contribution >= 4 is 69.6 Å². The van der Waals surface area contributed by atoms with E-state index in [9.17, 15) is 4.79 Å². The van der Waals surface area contributed by atoms with Gasteiger partial charge in [-0.2, -0.15) is 4.57 Å². The number of amides is 1. The first-order valence-electron chi connectivity index (χ1n) is 12.8. The Morgan fingerprint density at radius 2 is 1.54 bits per heavy atom. The number of hydrogen-bond donors (Lipinski definition) is 1. The van der Waals surface area contributed by atoms with Crippen LogP contribution >= 0.6 is 23.2 Å². The number of alkyl halides is 2. The highest BCUT2D eigenvalue weighted by molar-refractivity contribution is 6.18. The summed E-state index contributed by atoms with van der Waals surface area (Å²) in [6.45, 7) is 4.50. The number of rotatable bonds is 11. The molecular weight excluding hydrogens is 640 g/mol. The van der Waals surface area contributed by atoms with Gasteiger partial charge in [-0.15, -0.1) is 23.2 Å². The predicted octanol–water partition coefficient (Wildman–Crippen LogP) is 4.26. The van der Waals surface area contributed by atoms with Crippen LogP contribution in [0, 0.1) is 0 Å². The van der Waals surface area contributed by atoms with Gasteiger partial charge in [-0.1, -0.05) is 42.5 Å². The lowest BCUT2D eigenvalue weighted by Crippen LogP contribution is -3.00. The van der Waals surface area contributed by atoms with Crippen LogP contribution in [0.15, 0.2) is 91.0 Å². The van der Waals surface area contributed by atoms with E-state index in [0.717, 1.165) is 58.7 Å². The molecule has 7 heteroatoms. The van der Waals surface area contributed by atoms with Gasteiger partial charge in [0.15, 0.2) is 0 Å². The lowest BCUT2D eigenvalue weighted by Gasteiger charge is -2.22. The molecule has 1 heterocycles. The van der Waals surface area contributed by atoms with Crippen LogP contribution in [0.3, 0.4) is 0 Å². The van der Waals surface area contributed by atoms with Crippen LogP contribution in [-0.2, 0) is 11.3 Å². The molecule has 0 bridgehead atoms. The molecule has 0 spiro atoms. The second kappa shape index (κ2) is 15.7. The Hall–Kier alpha value is -2.87. The molecule has 0 aliphatic carbocycles. The summed E-state index contributed by atoms with van der Waals surface area (Å²) in [4.78, 5) is 14.6. The van der Waals surface area contributed by atoms with Gasteiger partial charge in [-0.3, -0.25) is 4.79 Å². The number of nitrogens with zero attached hydrogens (tertiary/aromatic N) is 2. The number of halogens is 3. The second-order valence-corrected chi connectivity index (χ2v) is 9.56. The summed E-state index contributed by atoms with van der Waals surface area (Å²) in [5.41, 5.74) is 6.22. The minimum absolute atomic E-state index is 0. The van der Waals surface area contributed by atoms with Gasteiger partial charge in [-0.25, -0.2) is 0 Å². The van der Waals surface area contributed by atoms with Crippen molar-refractivity contribution < 1.29 is 33.3 Å². The zero-order valence-corrected chi connectivity index (χ0v) is 25.5. The Kier molecular flexibility index (Phi) is 12.3. The van der Waals surface area contributed by atoms with Crippen LogP contribution in [0.2, 0.25) is 0 Å². The number of nitrogens with one attached hydrogen (secondary N) is 1. The molecule has 0 fully saturated rings. The number of carbonyl (C=O) groups is 1. The van der Waals surface area contributed by atoms with Crippen LogP contribution in [-0.4, -0.2) is 30.8 Å². The molecule has 39 heavy (non-hydrogen) atoms. The summed E-state index contributed by atoms with van der Waals surface area (Å²) in [5, 5.41) is 4.03. The highest BCUT2D eigenvalue weighted by Gasteiger charge is 2.13. The van der Waals surface area contributed by atoms with Gasteiger partial charge >= 0.3 is 0 Å². The minimum Gasteiger partial charge on any atom is -1.00 e. The van der Waals surface area contributed by atoms with Crippen molar-refractivity contribution in [1.82, 2.24) is 0 Å². The molecule has 1 aromatic heterocycles. The fraction of sp³-hybridized carbons (Fsp3) is 0.188. The summed E-state index contributed by atoms with van der Waals surface area (Å²) >= 11 is 11.9. The summed E-state index contributed by atoms with van der Waals surface area (Å²) in [6, 6.07) is 28.4. The van der Waals surface area contributed by atoms with Crippen molar-refractivity contribution in [2.45, 2.75) is 13.5 Å². The Balaban J connectivity index is 0.00000420. The molecule has 0 saturated heterocycles. The Labute approximate surface area is 258 Å². The molecule has 4 aromatic rings. The van der Waals surface area contributed by atoms with E-state index < -0.39 is 0 Å². The molecule has 0 atom stereocenters. The smallest absolute Gasteiger partial charge is 0.248 e. The first-order chi connectivity index (χ1) is 18.6. The highest BCUT2D eigenvalue weighted by atomic mass is 127. The summed E-state index contributed by atoms with van der Waals surface area (Å²) in [7, 11) is 0. The quantitative estimate of drug-likeness (QED) is 0.112. The molecule has 0 unspecified atom stereocenters. The van der Waals surface area contributed by atoms with Gasteiger partial charge in [0.1, 0.15) is 6.54 Å². The topological polar surface area (TPSA) is 36.2 Å². The van der Waals surface area contributed by atoms with Gasteiger partial charge < -0.3 is 34.2 Å². The van der Waals surface area contributed by atoms with Crippen molar-refractivity contribution in [3.63, 3.8) is 0 Å². The van der Waals surface area contributed by atoms with Crippen molar-refractivity contribution in [3.05, 3.63) is 108 Å². The lowest BCUT2D eigenvalue weighted by atomic mass is 10.1. The predicted molar refractivity (Wildman–Crippen MR) is 163 cm³/mol. The first-order valence-corrected chi connectivity index (χ1v) is 13.8. The number of pyridine rings is 1. The number of carbonyl (C=O) groups excluding carboxylic acids is 1. The van der Waals surface area contributed by atoms with E-state index in [1.807, 2.05) is 48.5 Å². The third-order valence-corrected chi connectivity index (χ3v) is 6.63. The average molecular weight is 672 g/mol. The third kappa shape index (κ3) is 8.56. The highest BCUT2D eigenvalue weighted by Crippen LogP contribution is 2.20. The third-order valence-electron chi connectivity index (χ3n) is 6.29. The van der Waals surface area contributed by atoms with Gasteiger partial charge in [0.25, 0.3) is 0 Å². The summed E-state index contributed by atoms with van der Waals surface area (Å²) in [5.74, 6) is 0.975. The largest absolute Gasteiger partial charge is 1.00 e. The molecule has 0 saturated carbocycles. The minimum atomic E-state index is -0.157. The monoisotopic (exact) mass is 671 g/mol. The number of aryl methyl sites for hydroxylation is 1. The Bertz CT molecular complexity index is 1420. The molecule has 4 rings (SSSR count). The summed E-state index contributed by atoms with van der Waals surface area (Å²) < 4.78 is 2.27. The molecule has 4 nitrogen and oxygen atoms in total. The zero-order chi connectivity index (χ0) is 26.7. The number of aromatic nitrogens is 1. The Morgan fingerprint density at radius 1 is 0.846 bits per heavy atom. The van der Waals surface area contributed by atoms with Gasteiger partial charge in [0.2, 0.25) is 17.1 Å². The van der Waals surface area contributed by atoms with Crippen molar-refractivity contribution in [2.75, 3.05) is 35.1 Å². The maximum Gasteiger partial charge on any atom is 0.248 e. The standard InChI is InChI=1S/C32H31Cl2N3O.HI/c1-2-37-30(16-10-26-8-14-29(15-9-26)36(22-20-33)23-21-34)17-12-27-24-28(13-18-31(27)37)35-32(38)19-11-25-6-4-3-5-7-25;/h3-19,24H,2,20-23H2,1H3;1H/b19-11+;. The van der Waals surface area contributed by atoms with Gasteiger partial charge in [0, 0.05) is 65.9 Å². The number of hydrogen-bond acceptors (Lipinski definition) is 2. The Morgan fingerprint density at radius 3 is 2.21 bits per heavy atom. The van der Waals surface area contributed by atoms with Crippen molar-refractivity contribution in [2.24, 2.45) is 0 Å². The van der Waals surface area contributed by atoms with Crippen molar-refractivity contribution in [1.29, 1.82) is 0 Å². The van der Waals surface area contributed by atoms with E-state index in [1.54, 1.807) is 6.08 Å². The zero-order valence-electron chi connectivity index (χ0n) is 21.9. The molecule has 1 N–H and O–H groups in total. The number of benzene rings is 3. The molecule has 202 valence electrons. The van der Waals surface area contributed by atoms with Gasteiger partial charge in [0.05, 0.1) is 0 Å². The molecule has 0 aliphatic rings. The van der Waals surface area contributed by atoms with E-state index in [2.05, 4.69) is 76.3 Å². The number of anilines is 2. The lowest BCUT2D eigenvalue weighted by molar-refractivity contribution is -0.669.